The summed E-state index contributed by atoms with van der Waals surface area (Å²) in [6.07, 6.45) is 8.30. The van der Waals surface area contributed by atoms with Crippen LogP contribution in [-0.2, 0) is 6.54 Å². The first-order valence-electron chi connectivity index (χ1n) is 6.36. The van der Waals surface area contributed by atoms with E-state index in [2.05, 4.69) is 9.97 Å². The van der Waals surface area contributed by atoms with Gasteiger partial charge in [0.2, 0.25) is 0 Å². The zero-order chi connectivity index (χ0) is 12.9. The minimum absolute atomic E-state index is 0.674. The summed E-state index contributed by atoms with van der Waals surface area (Å²) in [5.74, 6) is 0.851. The summed E-state index contributed by atoms with van der Waals surface area (Å²) in [4.78, 5) is 8.38. The molecule has 0 amide bonds. The van der Waals surface area contributed by atoms with Crippen LogP contribution in [0.1, 0.15) is 6.42 Å². The lowest BCUT2D eigenvalue weighted by atomic mass is 10.2. The van der Waals surface area contributed by atoms with Gasteiger partial charge in [0, 0.05) is 30.5 Å². The molecule has 0 bridgehead atoms. The number of benzene rings is 1. The molecule has 0 spiro atoms. The van der Waals surface area contributed by atoms with Gasteiger partial charge in [-0.15, -0.1) is 0 Å². The molecule has 4 nitrogen and oxygen atoms in total. The van der Waals surface area contributed by atoms with Gasteiger partial charge in [-0.2, -0.15) is 0 Å². The summed E-state index contributed by atoms with van der Waals surface area (Å²) in [5, 5.41) is 1.11. The van der Waals surface area contributed by atoms with Crippen LogP contribution in [0, 0.1) is 0 Å². The van der Waals surface area contributed by atoms with E-state index in [-0.39, 0.29) is 0 Å². The molecule has 0 atom stereocenters. The molecule has 1 aromatic carbocycles. The first kappa shape index (κ1) is 11.7. The molecule has 0 unspecified atom stereocenters. The highest BCUT2D eigenvalue weighted by Crippen LogP contribution is 2.22. The van der Waals surface area contributed by atoms with Gasteiger partial charge >= 0.3 is 0 Å². The lowest BCUT2D eigenvalue weighted by Gasteiger charge is -2.08. The molecule has 0 saturated heterocycles. The second kappa shape index (κ2) is 5.52. The first-order valence-corrected chi connectivity index (χ1v) is 6.36. The van der Waals surface area contributed by atoms with E-state index in [1.165, 1.54) is 0 Å². The third-order valence-electron chi connectivity index (χ3n) is 2.97. The van der Waals surface area contributed by atoms with Crippen LogP contribution in [0.25, 0.3) is 10.9 Å². The van der Waals surface area contributed by atoms with E-state index in [1.807, 2.05) is 47.4 Å². The molecule has 4 heteroatoms. The Hall–Kier alpha value is -2.36. The summed E-state index contributed by atoms with van der Waals surface area (Å²) in [6, 6.07) is 9.98. The highest BCUT2D eigenvalue weighted by atomic mass is 16.5. The van der Waals surface area contributed by atoms with Crippen LogP contribution in [0.5, 0.6) is 5.75 Å². The van der Waals surface area contributed by atoms with Crippen LogP contribution < -0.4 is 4.74 Å². The highest BCUT2D eigenvalue weighted by Gasteiger charge is 2.02. The van der Waals surface area contributed by atoms with Gasteiger partial charge in [0.25, 0.3) is 0 Å². The molecule has 96 valence electrons. The fraction of sp³-hybridized carbons (Fsp3) is 0.200. The Morgan fingerprint density at radius 3 is 2.95 bits per heavy atom. The number of ether oxygens (including phenoxy) is 1. The molecule has 3 aromatic rings. The van der Waals surface area contributed by atoms with Crippen molar-refractivity contribution in [3.05, 3.63) is 55.2 Å². The smallest absolute Gasteiger partial charge is 0.145 e. The molecular weight excluding hydrogens is 238 g/mol. The average Bonchev–Trinajstić information content (AvgIpc) is 2.97. The highest BCUT2D eigenvalue weighted by molar-refractivity contribution is 5.84. The van der Waals surface area contributed by atoms with Crippen LogP contribution in [0.3, 0.4) is 0 Å². The Kier molecular flexibility index (Phi) is 3.40. The van der Waals surface area contributed by atoms with E-state index in [0.717, 1.165) is 29.6 Å². The lowest BCUT2D eigenvalue weighted by molar-refractivity contribution is 0.304. The van der Waals surface area contributed by atoms with Crippen LogP contribution in [-0.4, -0.2) is 21.1 Å². The zero-order valence-corrected chi connectivity index (χ0v) is 10.6. The van der Waals surface area contributed by atoms with Crippen LogP contribution in [0.2, 0.25) is 0 Å². The predicted octanol–water partition coefficient (Wildman–Crippen LogP) is 2.90. The number of fused-ring (bicyclic) bond motifs is 1. The van der Waals surface area contributed by atoms with Crippen molar-refractivity contribution in [1.29, 1.82) is 0 Å². The number of hydrogen-bond acceptors (Lipinski definition) is 3. The lowest BCUT2D eigenvalue weighted by Crippen LogP contribution is -2.03. The molecule has 0 aliphatic carbocycles. The molecule has 2 heterocycles. The van der Waals surface area contributed by atoms with Crippen molar-refractivity contribution in [1.82, 2.24) is 14.5 Å². The number of aryl methyl sites for hydroxylation is 1. The van der Waals surface area contributed by atoms with Gasteiger partial charge in [-0.25, -0.2) is 4.98 Å². The van der Waals surface area contributed by atoms with Gasteiger partial charge in [0.05, 0.1) is 12.9 Å². The Labute approximate surface area is 111 Å². The summed E-state index contributed by atoms with van der Waals surface area (Å²) in [5.41, 5.74) is 0.924. The molecule has 0 aliphatic rings. The fourth-order valence-electron chi connectivity index (χ4n) is 2.04. The molecule has 19 heavy (non-hydrogen) atoms. The molecule has 0 fully saturated rings. The van der Waals surface area contributed by atoms with Crippen molar-refractivity contribution in [2.24, 2.45) is 0 Å². The largest absolute Gasteiger partial charge is 0.491 e. The van der Waals surface area contributed by atoms with E-state index in [1.54, 1.807) is 12.4 Å². The summed E-state index contributed by atoms with van der Waals surface area (Å²) in [7, 11) is 0. The average molecular weight is 253 g/mol. The molecule has 2 aromatic heterocycles. The van der Waals surface area contributed by atoms with Gasteiger partial charge in [-0.3, -0.25) is 4.98 Å². The van der Waals surface area contributed by atoms with Gasteiger partial charge in [-0.1, -0.05) is 18.2 Å². The molecule has 0 saturated carbocycles. The topological polar surface area (TPSA) is 39.9 Å². The van der Waals surface area contributed by atoms with Crippen LogP contribution in [0.15, 0.2) is 55.2 Å². The zero-order valence-electron chi connectivity index (χ0n) is 10.6. The van der Waals surface area contributed by atoms with Crippen LogP contribution >= 0.6 is 0 Å². The third-order valence-corrected chi connectivity index (χ3v) is 2.97. The quantitative estimate of drug-likeness (QED) is 0.656. The number of para-hydroxylation sites is 1. The summed E-state index contributed by atoms with van der Waals surface area (Å²) >= 11 is 0. The Bertz CT molecular complexity index is 644. The summed E-state index contributed by atoms with van der Waals surface area (Å²) < 4.78 is 7.87. The van der Waals surface area contributed by atoms with Crippen molar-refractivity contribution in [3.8, 4) is 5.75 Å². The van der Waals surface area contributed by atoms with E-state index >= 15 is 0 Å². The fourth-order valence-corrected chi connectivity index (χ4v) is 2.04. The number of pyridine rings is 1. The standard InChI is InChI=1S/C15H15N3O/c1-4-13-5-2-7-17-15(13)14(6-1)19-11-3-9-18-10-8-16-12-18/h1-2,4-8,10,12H,3,9,11H2. The first-order chi connectivity index (χ1) is 9.43. The van der Waals surface area contributed by atoms with E-state index in [4.69, 9.17) is 4.74 Å². The van der Waals surface area contributed by atoms with Gasteiger partial charge in [0.15, 0.2) is 0 Å². The SMILES string of the molecule is c1cnc2c(OCCCn3ccnc3)cccc2c1. The number of imidazole rings is 1. The summed E-state index contributed by atoms with van der Waals surface area (Å²) in [6.45, 7) is 1.59. The minimum Gasteiger partial charge on any atom is -0.491 e. The Morgan fingerprint density at radius 2 is 2.05 bits per heavy atom. The minimum atomic E-state index is 0.674. The van der Waals surface area contributed by atoms with Gasteiger partial charge in [0.1, 0.15) is 11.3 Å². The molecule has 3 rings (SSSR count). The maximum Gasteiger partial charge on any atom is 0.145 e. The predicted molar refractivity (Wildman–Crippen MR) is 74.1 cm³/mol. The molecule has 0 aliphatic heterocycles. The molecular formula is C15H15N3O. The Balaban J connectivity index is 1.62. The second-order valence-electron chi connectivity index (χ2n) is 4.33. The van der Waals surface area contributed by atoms with Gasteiger partial charge < -0.3 is 9.30 Å². The number of aromatic nitrogens is 3. The number of rotatable bonds is 5. The Morgan fingerprint density at radius 1 is 1.11 bits per heavy atom. The third kappa shape index (κ3) is 2.73. The van der Waals surface area contributed by atoms with Crippen molar-refractivity contribution in [3.63, 3.8) is 0 Å². The van der Waals surface area contributed by atoms with Crippen molar-refractivity contribution < 1.29 is 4.74 Å². The second-order valence-corrected chi connectivity index (χ2v) is 4.33. The maximum absolute atomic E-state index is 5.82. The molecule has 0 N–H and O–H groups in total. The number of nitrogens with zero attached hydrogens (tertiary/aromatic N) is 3. The van der Waals surface area contributed by atoms with Crippen LogP contribution in [0.4, 0.5) is 0 Å². The maximum atomic E-state index is 5.82. The molecule has 0 radical (unpaired) electrons. The number of hydrogen-bond donors (Lipinski definition) is 0. The van der Waals surface area contributed by atoms with Crippen molar-refractivity contribution in [2.75, 3.05) is 6.61 Å². The van der Waals surface area contributed by atoms with Crippen molar-refractivity contribution in [2.45, 2.75) is 13.0 Å². The van der Waals surface area contributed by atoms with E-state index < -0.39 is 0 Å². The van der Waals surface area contributed by atoms with E-state index in [0.29, 0.717) is 6.61 Å². The van der Waals surface area contributed by atoms with Gasteiger partial charge in [-0.05, 0) is 18.6 Å². The monoisotopic (exact) mass is 253 g/mol. The van der Waals surface area contributed by atoms with E-state index in [9.17, 15) is 0 Å². The normalized spacial score (nSPS) is 10.7. The van der Waals surface area contributed by atoms with Crippen molar-refractivity contribution >= 4 is 10.9 Å².